The number of ether oxygens (including phenoxy) is 6. The van der Waals surface area contributed by atoms with Crippen molar-refractivity contribution in [3.63, 3.8) is 0 Å². The van der Waals surface area contributed by atoms with E-state index in [-0.39, 0.29) is 22.6 Å². The van der Waals surface area contributed by atoms with Crippen LogP contribution in [0.4, 0.5) is 17.1 Å². The molecular formula is C67H77N3O13Si. The van der Waals surface area contributed by atoms with Gasteiger partial charge in [0.05, 0.1) is 48.6 Å². The van der Waals surface area contributed by atoms with Gasteiger partial charge in [-0.15, -0.1) is 0 Å². The van der Waals surface area contributed by atoms with Crippen LogP contribution in [0.15, 0.2) is 102 Å². The number of phenolic OH excluding ortho intramolecular Hbond substituents is 1. The minimum absolute atomic E-state index is 0.0120. The third-order valence-corrected chi connectivity index (χ3v) is 20.4. The second kappa shape index (κ2) is 25.3. The minimum Gasteiger partial charge on any atom is -0.541 e. The van der Waals surface area contributed by atoms with Crippen LogP contribution < -0.4 is 47.5 Å². The van der Waals surface area contributed by atoms with Crippen LogP contribution >= 0.6 is 0 Å². The summed E-state index contributed by atoms with van der Waals surface area (Å²) in [5.41, 5.74) is 13.1. The molecule has 0 aliphatic carbocycles. The van der Waals surface area contributed by atoms with Crippen molar-refractivity contribution < 1.29 is 61.9 Å². The highest BCUT2D eigenvalue weighted by atomic mass is 28.4. The number of benzene rings is 6. The van der Waals surface area contributed by atoms with Crippen LogP contribution in [0.1, 0.15) is 89.4 Å². The Hall–Kier alpha value is -8.83. The summed E-state index contributed by atoms with van der Waals surface area (Å²) in [5.74, 6) is 2.98. The van der Waals surface area contributed by atoms with Crippen LogP contribution in [0.3, 0.4) is 0 Å². The number of carbonyl (C=O) groups excluding carboxylic acids is 5. The number of amides is 3. The first-order valence-corrected chi connectivity index (χ1v) is 30.4. The summed E-state index contributed by atoms with van der Waals surface area (Å²) in [6.07, 6.45) is 3.73. The number of anilines is 3. The largest absolute Gasteiger partial charge is 0.541 e. The first-order valence-electron chi connectivity index (χ1n) is 27.5. The lowest BCUT2D eigenvalue weighted by Gasteiger charge is -2.39. The highest BCUT2D eigenvalue weighted by Gasteiger charge is 2.48. The second-order valence-corrected chi connectivity index (χ2v) is 27.4. The standard InChI is InChI=1S/C26H35NO4Si.C21H21NO5.C20H21NO4/c1-17-12-21(15-23(30-7)18(17)2)27-16-20(25(27)28)13-19-10-11-22(29-6)24(14-19)31-32(8,9)26(3,4)5;1-11-6-7-15(9-17(11)27-14(4)23)19-20(24)21(25)22(19)16-8-12(2)13(3)18(10-16)26-5;1-12-7-16(10-19(25-4)13(12)2)21-11-15(20(21)23)8-14-5-6-18(24-3)17(22)9-14/h10-15H,16H2,1-9H3;6-10,19H,1-5H3;5-10,22H,11H2,1-4H3/b20-13-;;15-8-. The highest BCUT2D eigenvalue weighted by molar-refractivity contribution is 6.74. The molecule has 6 aromatic rings. The van der Waals surface area contributed by atoms with Crippen molar-refractivity contribution in [2.45, 2.75) is 100 Å². The fourth-order valence-electron chi connectivity index (χ4n) is 9.44. The number of phenols is 1. The van der Waals surface area contributed by atoms with Gasteiger partial charge >= 0.3 is 5.97 Å². The van der Waals surface area contributed by atoms with Crippen molar-refractivity contribution in [3.8, 4) is 46.0 Å². The molecular weight excluding hydrogens is 1080 g/mol. The van der Waals surface area contributed by atoms with E-state index >= 15 is 0 Å². The van der Waals surface area contributed by atoms with Gasteiger partial charge in [-0.3, -0.25) is 28.9 Å². The Balaban J connectivity index is 0.000000182. The molecule has 1 atom stereocenters. The van der Waals surface area contributed by atoms with Crippen LogP contribution in [0.25, 0.3) is 12.2 Å². The van der Waals surface area contributed by atoms with Gasteiger partial charge in [0.25, 0.3) is 26.0 Å². The molecule has 3 aliphatic rings. The smallest absolute Gasteiger partial charge is 0.308 e. The lowest BCUT2D eigenvalue weighted by Crippen LogP contribution is -2.56. The fraction of sp³-hybridized carbons (Fsp3) is 0.328. The summed E-state index contributed by atoms with van der Waals surface area (Å²) in [6, 6.07) is 26.8. The Bertz CT molecular complexity index is 3650. The maximum atomic E-state index is 12.9. The van der Waals surface area contributed by atoms with Gasteiger partial charge in [-0.2, -0.15) is 0 Å². The van der Waals surface area contributed by atoms with Crippen LogP contribution in [0.5, 0.6) is 46.0 Å². The molecule has 17 heteroatoms. The maximum absolute atomic E-state index is 12.9. The maximum Gasteiger partial charge on any atom is 0.308 e. The summed E-state index contributed by atoms with van der Waals surface area (Å²) in [5, 5.41) is 9.92. The van der Waals surface area contributed by atoms with E-state index in [9.17, 15) is 29.1 Å². The number of nitrogens with zero attached hydrogens (tertiary/aromatic N) is 3. The number of hydrogen-bond donors (Lipinski definition) is 1. The number of ketones is 1. The highest BCUT2D eigenvalue weighted by Crippen LogP contribution is 2.43. The van der Waals surface area contributed by atoms with Gasteiger partial charge in [0.15, 0.2) is 17.2 Å². The average Bonchev–Trinajstić information content (AvgIpc) is 1.12. The third kappa shape index (κ3) is 13.2. The number of rotatable bonds is 14. The van der Waals surface area contributed by atoms with Crippen LogP contribution in [-0.2, 0) is 24.0 Å². The summed E-state index contributed by atoms with van der Waals surface area (Å²) < 4.78 is 38.5. The van der Waals surface area contributed by atoms with Gasteiger partial charge in [-0.05, 0) is 183 Å². The van der Waals surface area contributed by atoms with E-state index in [1.54, 1.807) is 86.8 Å². The predicted molar refractivity (Wildman–Crippen MR) is 331 cm³/mol. The summed E-state index contributed by atoms with van der Waals surface area (Å²) in [7, 11) is 5.97. The van der Waals surface area contributed by atoms with E-state index in [0.29, 0.717) is 52.9 Å². The number of β-lactam (4-membered cyclic amide) rings is 3. The van der Waals surface area contributed by atoms with E-state index in [2.05, 4.69) is 33.9 Å². The zero-order valence-electron chi connectivity index (χ0n) is 51.5. The van der Waals surface area contributed by atoms with Gasteiger partial charge in [0, 0.05) is 53.3 Å². The Morgan fingerprint density at radius 2 is 0.964 bits per heavy atom. The van der Waals surface area contributed by atoms with E-state index in [1.165, 1.54) is 18.9 Å². The number of methoxy groups -OCH3 is 5. The van der Waals surface area contributed by atoms with Crippen molar-refractivity contribution in [1.82, 2.24) is 0 Å². The normalized spacial score (nSPS) is 15.7. The van der Waals surface area contributed by atoms with Crippen LogP contribution in [0.2, 0.25) is 18.1 Å². The zero-order chi connectivity index (χ0) is 61.9. The number of aryl methyl sites for hydroxylation is 4. The average molecular weight is 1160 g/mol. The zero-order valence-corrected chi connectivity index (χ0v) is 52.5. The second-order valence-electron chi connectivity index (χ2n) is 22.7. The first kappa shape index (κ1) is 62.8. The topological polar surface area (TPSA) is 180 Å². The Morgan fingerprint density at radius 1 is 0.524 bits per heavy atom. The lowest BCUT2D eigenvalue weighted by molar-refractivity contribution is -0.143. The molecule has 0 aromatic heterocycles. The van der Waals surface area contributed by atoms with E-state index in [1.807, 2.05) is 103 Å². The molecule has 0 saturated carbocycles. The van der Waals surface area contributed by atoms with Gasteiger partial charge in [-0.25, -0.2) is 0 Å². The molecule has 9 rings (SSSR count). The van der Waals surface area contributed by atoms with Gasteiger partial charge in [0.1, 0.15) is 34.8 Å². The van der Waals surface area contributed by atoms with Crippen molar-refractivity contribution in [2.75, 3.05) is 63.3 Å². The number of aromatic hydroxyl groups is 1. The molecule has 3 aliphatic heterocycles. The van der Waals surface area contributed by atoms with Crippen molar-refractivity contribution in [1.29, 1.82) is 0 Å². The number of hydrogen-bond acceptors (Lipinski definition) is 13. The molecule has 0 bridgehead atoms. The molecule has 442 valence electrons. The lowest BCUT2D eigenvalue weighted by atomic mass is 9.90. The molecule has 0 spiro atoms. The number of esters is 1. The Morgan fingerprint density at radius 3 is 1.39 bits per heavy atom. The first-order chi connectivity index (χ1) is 39.6. The molecule has 3 fully saturated rings. The number of carbonyl (C=O) groups is 5. The van der Waals surface area contributed by atoms with Gasteiger partial charge in [0.2, 0.25) is 5.78 Å². The van der Waals surface area contributed by atoms with E-state index < -0.39 is 32.0 Å². The van der Waals surface area contributed by atoms with Crippen LogP contribution in [-0.4, -0.2) is 91.5 Å². The summed E-state index contributed by atoms with van der Waals surface area (Å²) >= 11 is 0. The molecule has 3 saturated heterocycles. The van der Waals surface area contributed by atoms with Crippen LogP contribution in [0, 0.1) is 48.5 Å². The van der Waals surface area contributed by atoms with Gasteiger partial charge < -0.3 is 47.8 Å². The molecule has 84 heavy (non-hydrogen) atoms. The molecule has 1 unspecified atom stereocenters. The minimum atomic E-state index is -2.03. The van der Waals surface area contributed by atoms with Gasteiger partial charge in [-0.1, -0.05) is 45.0 Å². The molecule has 1 N–H and O–H groups in total. The van der Waals surface area contributed by atoms with E-state index in [0.717, 1.165) is 84.3 Å². The molecule has 3 heterocycles. The summed E-state index contributed by atoms with van der Waals surface area (Å²) in [4.78, 5) is 66.3. The van der Waals surface area contributed by atoms with Crippen molar-refractivity contribution >= 4 is 67.0 Å². The molecule has 16 nitrogen and oxygen atoms in total. The molecule has 3 amide bonds. The molecule has 6 aromatic carbocycles. The third-order valence-electron chi connectivity index (χ3n) is 16.0. The van der Waals surface area contributed by atoms with Crippen molar-refractivity contribution in [2.24, 2.45) is 0 Å². The predicted octanol–water partition coefficient (Wildman–Crippen LogP) is 12.8. The summed E-state index contributed by atoms with van der Waals surface area (Å²) in [6.45, 7) is 27.2. The van der Waals surface area contributed by atoms with Crippen molar-refractivity contribution in [3.05, 3.63) is 158 Å². The number of Topliss-reactive ketones (excluding diaryl/α,β-unsaturated/α-hetero) is 1. The Kier molecular flexibility index (Phi) is 18.9. The monoisotopic (exact) mass is 1160 g/mol. The van der Waals surface area contributed by atoms with E-state index in [4.69, 9.17) is 32.8 Å². The SMILES string of the molecule is COc1cc(N2C(=O)C(=O)C2c2ccc(C)c(OC(C)=O)c2)cc(C)c1C.COc1ccc(/C=C2/CN(c3cc(C)c(C)c(OC)c3)C2=O)cc1O.COc1ccc(/C=C2/CN(c3cc(C)c(C)c(OC)c3)C2=O)cc1O[Si](C)(C)C(C)(C)C. The quantitative estimate of drug-likeness (QED) is 0.0272. The Labute approximate surface area is 494 Å². The fourth-order valence-corrected chi connectivity index (χ4v) is 10.5. The molecule has 0 radical (unpaired) electrons.